The van der Waals surface area contributed by atoms with Gasteiger partial charge in [-0.25, -0.2) is 9.79 Å². The number of carbonyl (C=O) groups excluding carboxylic acids is 1. The predicted octanol–water partition coefficient (Wildman–Crippen LogP) is 5.90. The van der Waals surface area contributed by atoms with Crippen LogP contribution in [-0.2, 0) is 9.53 Å². The summed E-state index contributed by atoms with van der Waals surface area (Å²) < 4.78 is 11.7. The van der Waals surface area contributed by atoms with Crippen LogP contribution in [0.4, 0.5) is 11.4 Å². The molecule has 3 aromatic rings. The largest absolute Gasteiger partial charge is 0.450 e. The summed E-state index contributed by atoms with van der Waals surface area (Å²) >= 11 is 8.30. The number of hydrogen-bond acceptors (Lipinski definition) is 8. The lowest BCUT2D eigenvalue weighted by Gasteiger charge is -2.07. The Kier molecular flexibility index (Phi) is 6.56. The van der Waals surface area contributed by atoms with Gasteiger partial charge in [-0.15, -0.1) is 0 Å². The first-order valence-corrected chi connectivity index (χ1v) is 10.9. The number of nitrogens with zero attached hydrogens (tertiary/aromatic N) is 3. The monoisotopic (exact) mass is 591 g/mol. The van der Waals surface area contributed by atoms with Crippen LogP contribution in [0.3, 0.4) is 0 Å². The second-order valence-corrected chi connectivity index (χ2v) is 8.45. The Morgan fingerprint density at radius 3 is 2.56 bits per heavy atom. The van der Waals surface area contributed by atoms with Gasteiger partial charge in [0.25, 0.3) is 5.69 Å². The Morgan fingerprint density at radius 1 is 1.03 bits per heavy atom. The van der Waals surface area contributed by atoms with E-state index in [1.165, 1.54) is 12.1 Å². The maximum atomic E-state index is 12.3. The van der Waals surface area contributed by atoms with Gasteiger partial charge < -0.3 is 9.47 Å². The number of nitro groups is 2. The van der Waals surface area contributed by atoms with E-state index >= 15 is 0 Å². The molecule has 1 aliphatic heterocycles. The average Bonchev–Trinajstić information content (AvgIpc) is 3.15. The first kappa shape index (κ1) is 23.3. The van der Waals surface area contributed by atoms with Crippen molar-refractivity contribution in [2.45, 2.75) is 0 Å². The van der Waals surface area contributed by atoms with Crippen molar-refractivity contribution in [1.82, 2.24) is 0 Å². The molecule has 1 aliphatic rings. The van der Waals surface area contributed by atoms with Crippen molar-refractivity contribution >= 4 is 63.5 Å². The molecule has 0 aliphatic carbocycles. The van der Waals surface area contributed by atoms with E-state index in [2.05, 4.69) is 27.6 Å². The molecule has 0 bridgehead atoms. The Hall–Kier alpha value is -3.84. The maximum absolute atomic E-state index is 12.3. The van der Waals surface area contributed by atoms with Gasteiger partial charge in [0.05, 0.1) is 26.5 Å². The summed E-state index contributed by atoms with van der Waals surface area (Å²) in [4.78, 5) is 37.3. The first-order valence-electron chi connectivity index (χ1n) is 9.40. The highest BCUT2D eigenvalue weighted by molar-refractivity contribution is 14.1. The molecular weight excluding hydrogens is 581 g/mol. The molecule has 0 N–H and O–H groups in total. The van der Waals surface area contributed by atoms with Crippen LogP contribution in [-0.4, -0.2) is 21.7 Å². The lowest BCUT2D eigenvalue weighted by atomic mass is 10.2. The summed E-state index contributed by atoms with van der Waals surface area (Å²) in [5.41, 5.74) is 0.0316. The zero-order chi connectivity index (χ0) is 24.4. The lowest BCUT2D eigenvalue weighted by Crippen LogP contribution is -2.06. The Morgan fingerprint density at radius 2 is 1.82 bits per heavy atom. The fraction of sp³-hybridized carbons (Fsp3) is 0. The van der Waals surface area contributed by atoms with Gasteiger partial charge in [0.2, 0.25) is 11.6 Å². The third-order valence-electron chi connectivity index (χ3n) is 4.52. The second kappa shape index (κ2) is 9.57. The molecule has 3 aromatic carbocycles. The second-order valence-electron chi connectivity index (χ2n) is 6.80. The van der Waals surface area contributed by atoms with Crippen molar-refractivity contribution < 1.29 is 24.1 Å². The van der Waals surface area contributed by atoms with Crippen molar-refractivity contribution in [1.29, 1.82) is 0 Å². The highest BCUT2D eigenvalue weighted by atomic mass is 127. The lowest BCUT2D eigenvalue weighted by molar-refractivity contribution is -0.394. The molecule has 0 amide bonds. The standard InChI is InChI=1S/C22H11ClIN3O7/c23-17-6-4-13(24)10-16(17)21-25-18(22(28)34-21)9-12-2-1-3-15(8-12)33-20-7-5-14(26(29)30)11-19(20)27(31)32/h1-11H/b18-9+. The zero-order valence-electron chi connectivity index (χ0n) is 16.8. The molecular formula is C22H11ClIN3O7. The van der Waals surface area contributed by atoms with E-state index in [0.29, 0.717) is 16.1 Å². The van der Waals surface area contributed by atoms with E-state index in [9.17, 15) is 25.0 Å². The van der Waals surface area contributed by atoms with Crippen molar-refractivity contribution in [2.24, 2.45) is 4.99 Å². The Balaban J connectivity index is 1.63. The molecule has 170 valence electrons. The van der Waals surface area contributed by atoms with E-state index in [-0.39, 0.29) is 23.1 Å². The van der Waals surface area contributed by atoms with Gasteiger partial charge in [-0.1, -0.05) is 23.7 Å². The topological polar surface area (TPSA) is 134 Å². The molecule has 0 spiro atoms. The third kappa shape index (κ3) is 5.05. The van der Waals surface area contributed by atoms with E-state index in [1.807, 2.05) is 0 Å². The third-order valence-corrected chi connectivity index (χ3v) is 5.52. The molecule has 0 atom stereocenters. The Labute approximate surface area is 209 Å². The number of hydrogen-bond donors (Lipinski definition) is 0. The molecule has 12 heteroatoms. The highest BCUT2D eigenvalue weighted by Gasteiger charge is 2.26. The number of non-ortho nitro benzene ring substituents is 1. The van der Waals surface area contributed by atoms with Gasteiger partial charge >= 0.3 is 11.7 Å². The van der Waals surface area contributed by atoms with E-state index in [1.54, 1.807) is 36.4 Å². The number of esters is 1. The summed E-state index contributed by atoms with van der Waals surface area (Å²) in [6.45, 7) is 0. The van der Waals surface area contributed by atoms with Crippen LogP contribution < -0.4 is 4.74 Å². The number of nitro benzene ring substituents is 2. The molecule has 0 saturated heterocycles. The molecule has 34 heavy (non-hydrogen) atoms. The van der Waals surface area contributed by atoms with Crippen molar-refractivity contribution in [2.75, 3.05) is 0 Å². The van der Waals surface area contributed by atoms with Gasteiger partial charge in [0.15, 0.2) is 5.70 Å². The molecule has 0 radical (unpaired) electrons. The fourth-order valence-corrected chi connectivity index (χ4v) is 3.68. The minimum absolute atomic E-state index is 0.0309. The molecule has 0 saturated carbocycles. The summed E-state index contributed by atoms with van der Waals surface area (Å²) in [7, 11) is 0. The predicted molar refractivity (Wildman–Crippen MR) is 131 cm³/mol. The molecule has 1 heterocycles. The van der Waals surface area contributed by atoms with Gasteiger partial charge in [0.1, 0.15) is 5.75 Å². The molecule has 0 fully saturated rings. The summed E-state index contributed by atoms with van der Waals surface area (Å²) in [6.07, 6.45) is 1.47. The molecule has 0 aromatic heterocycles. The average molecular weight is 592 g/mol. The summed E-state index contributed by atoms with van der Waals surface area (Å²) in [6, 6.07) is 14.6. The Bertz CT molecular complexity index is 1420. The molecule has 10 nitrogen and oxygen atoms in total. The van der Waals surface area contributed by atoms with E-state index in [0.717, 1.165) is 21.8 Å². The van der Waals surface area contributed by atoms with Crippen molar-refractivity contribution in [3.8, 4) is 11.5 Å². The number of benzene rings is 3. The van der Waals surface area contributed by atoms with Gasteiger partial charge in [-0.05, 0) is 70.6 Å². The maximum Gasteiger partial charge on any atom is 0.363 e. The minimum atomic E-state index is -0.769. The minimum Gasteiger partial charge on any atom is -0.450 e. The fourth-order valence-electron chi connectivity index (χ4n) is 2.99. The van der Waals surface area contributed by atoms with Crippen LogP contribution >= 0.6 is 34.2 Å². The number of aliphatic imine (C=N–C) groups is 1. The highest BCUT2D eigenvalue weighted by Crippen LogP contribution is 2.35. The number of cyclic esters (lactones) is 1. The van der Waals surface area contributed by atoms with Crippen LogP contribution in [0.25, 0.3) is 6.08 Å². The quantitative estimate of drug-likeness (QED) is 0.115. The van der Waals surface area contributed by atoms with Gasteiger partial charge in [0, 0.05) is 9.64 Å². The van der Waals surface area contributed by atoms with Crippen LogP contribution in [0.5, 0.6) is 11.5 Å². The smallest absolute Gasteiger partial charge is 0.363 e. The number of rotatable bonds is 6. The molecule has 0 unspecified atom stereocenters. The van der Waals surface area contributed by atoms with Gasteiger partial charge in [-0.2, -0.15) is 0 Å². The van der Waals surface area contributed by atoms with E-state index in [4.69, 9.17) is 21.1 Å². The first-order chi connectivity index (χ1) is 16.2. The number of halogens is 2. The SMILES string of the molecule is O=C1OC(c2cc(I)ccc2Cl)=N/C1=C/c1cccc(Oc2ccc([N+](=O)[O-])cc2[N+](=O)[O-])c1. The summed E-state index contributed by atoms with van der Waals surface area (Å²) in [5.74, 6) is -0.548. The van der Waals surface area contributed by atoms with Crippen LogP contribution in [0, 0.1) is 23.8 Å². The summed E-state index contributed by atoms with van der Waals surface area (Å²) in [5, 5.41) is 22.6. The molecule has 4 rings (SSSR count). The normalized spacial score (nSPS) is 14.0. The van der Waals surface area contributed by atoms with Crippen LogP contribution in [0.1, 0.15) is 11.1 Å². The van der Waals surface area contributed by atoms with Crippen molar-refractivity contribution in [3.63, 3.8) is 0 Å². The zero-order valence-corrected chi connectivity index (χ0v) is 19.7. The van der Waals surface area contributed by atoms with Crippen molar-refractivity contribution in [3.05, 3.63) is 106 Å². The number of ether oxygens (including phenoxy) is 2. The van der Waals surface area contributed by atoms with Gasteiger partial charge in [-0.3, -0.25) is 20.2 Å². The van der Waals surface area contributed by atoms with Crippen LogP contribution in [0.2, 0.25) is 5.02 Å². The number of carbonyl (C=O) groups is 1. The van der Waals surface area contributed by atoms with E-state index < -0.39 is 27.2 Å². The van der Waals surface area contributed by atoms with Crippen LogP contribution in [0.15, 0.2) is 71.4 Å².